The molecule has 0 atom stereocenters. The lowest BCUT2D eigenvalue weighted by Crippen LogP contribution is -2.36. The number of halogens is 2. The van der Waals surface area contributed by atoms with Gasteiger partial charge in [0.05, 0.1) is 0 Å². The molecule has 3 rings (SSSR count). The first-order valence-electron chi connectivity index (χ1n) is 9.78. The van der Waals surface area contributed by atoms with E-state index < -0.39 is 0 Å². The molecule has 0 unspecified atom stereocenters. The van der Waals surface area contributed by atoms with Crippen LogP contribution in [0.3, 0.4) is 0 Å². The number of hydrogen-bond acceptors (Lipinski definition) is 3. The summed E-state index contributed by atoms with van der Waals surface area (Å²) in [6.45, 7) is 2.43. The molecule has 1 amide bonds. The predicted molar refractivity (Wildman–Crippen MR) is 112 cm³/mol. The van der Waals surface area contributed by atoms with Crippen LogP contribution in [-0.4, -0.2) is 5.91 Å². The molecule has 3 aromatic rings. The van der Waals surface area contributed by atoms with Gasteiger partial charge in [-0.15, -0.1) is 0 Å². The van der Waals surface area contributed by atoms with Gasteiger partial charge in [0.15, 0.2) is 0 Å². The Morgan fingerprint density at radius 3 is 2.30 bits per heavy atom. The van der Waals surface area contributed by atoms with Gasteiger partial charge >= 0.3 is 0 Å². The molecule has 0 saturated carbocycles. The van der Waals surface area contributed by atoms with E-state index in [2.05, 4.69) is 10.9 Å². The third-order valence-corrected chi connectivity index (χ3v) is 4.53. The zero-order valence-electron chi connectivity index (χ0n) is 16.8. The fraction of sp³-hybridized carbons (Fsp3) is 0.208. The Kier molecular flexibility index (Phi) is 7.51. The smallest absolute Gasteiger partial charge is 0.233 e. The molecule has 3 aromatic carbocycles. The van der Waals surface area contributed by atoms with Crippen LogP contribution in [0.2, 0.25) is 0 Å². The summed E-state index contributed by atoms with van der Waals surface area (Å²) in [5.41, 5.74) is 8.86. The number of benzene rings is 3. The number of hydrazine groups is 1. The van der Waals surface area contributed by atoms with Gasteiger partial charge in [-0.3, -0.25) is 10.2 Å². The van der Waals surface area contributed by atoms with E-state index in [4.69, 9.17) is 4.74 Å². The Morgan fingerprint density at radius 1 is 0.900 bits per heavy atom. The number of nitrogens with one attached hydrogen (secondary N) is 2. The lowest BCUT2D eigenvalue weighted by Gasteiger charge is -2.14. The van der Waals surface area contributed by atoms with E-state index in [0.29, 0.717) is 25.1 Å². The van der Waals surface area contributed by atoms with Gasteiger partial charge in [-0.1, -0.05) is 43.3 Å². The minimum absolute atomic E-state index is 0.0926. The molecule has 0 bridgehead atoms. The van der Waals surface area contributed by atoms with Gasteiger partial charge in [-0.25, -0.2) is 14.2 Å². The largest absolute Gasteiger partial charge is 0.489 e. The first kappa shape index (κ1) is 21.5. The molecule has 156 valence electrons. The van der Waals surface area contributed by atoms with Crippen molar-refractivity contribution >= 4 is 5.91 Å². The average molecular weight is 410 g/mol. The highest BCUT2D eigenvalue weighted by Crippen LogP contribution is 2.25. The Labute approximate surface area is 174 Å². The summed E-state index contributed by atoms with van der Waals surface area (Å²) < 4.78 is 33.0. The van der Waals surface area contributed by atoms with Crippen molar-refractivity contribution in [2.75, 3.05) is 0 Å². The summed E-state index contributed by atoms with van der Waals surface area (Å²) in [5, 5.41) is 0. The van der Waals surface area contributed by atoms with E-state index in [0.717, 1.165) is 22.3 Å². The second-order valence-corrected chi connectivity index (χ2v) is 6.92. The van der Waals surface area contributed by atoms with Crippen LogP contribution in [0, 0.1) is 11.6 Å². The molecule has 0 aliphatic rings. The van der Waals surface area contributed by atoms with Gasteiger partial charge in [-0.05, 0) is 52.6 Å². The minimum Gasteiger partial charge on any atom is -0.489 e. The van der Waals surface area contributed by atoms with Gasteiger partial charge in [0.1, 0.15) is 24.0 Å². The third kappa shape index (κ3) is 6.39. The van der Waals surface area contributed by atoms with Crippen LogP contribution in [0.4, 0.5) is 8.78 Å². The summed E-state index contributed by atoms with van der Waals surface area (Å²) in [6.07, 6.45) is 0.871. The molecule has 4 nitrogen and oxygen atoms in total. The van der Waals surface area contributed by atoms with Crippen molar-refractivity contribution in [1.29, 1.82) is 0 Å². The number of rotatable bonds is 9. The van der Waals surface area contributed by atoms with Crippen LogP contribution in [0.1, 0.15) is 35.6 Å². The van der Waals surface area contributed by atoms with Crippen LogP contribution in [0.15, 0.2) is 66.7 Å². The zero-order valence-corrected chi connectivity index (χ0v) is 16.8. The van der Waals surface area contributed by atoms with Crippen LogP contribution >= 0.6 is 0 Å². The Balaban J connectivity index is 1.77. The zero-order chi connectivity index (χ0) is 21.3. The second kappa shape index (κ2) is 10.5. The number of amides is 1. The monoisotopic (exact) mass is 410 g/mol. The predicted octanol–water partition coefficient (Wildman–Crippen LogP) is 4.67. The molecule has 0 aliphatic heterocycles. The van der Waals surface area contributed by atoms with E-state index in [1.807, 2.05) is 24.3 Å². The Morgan fingerprint density at radius 2 is 1.60 bits per heavy atom. The van der Waals surface area contributed by atoms with E-state index in [1.165, 1.54) is 24.3 Å². The SMILES string of the molecule is CCC(=O)NNCc1ccc(OCc2cccc(F)c2)c(Cc2cccc(F)c2)c1. The Hall–Kier alpha value is -3.25. The average Bonchev–Trinajstić information content (AvgIpc) is 2.73. The van der Waals surface area contributed by atoms with Gasteiger partial charge in [0, 0.05) is 19.4 Å². The van der Waals surface area contributed by atoms with Gasteiger partial charge in [0.25, 0.3) is 0 Å². The molecule has 0 radical (unpaired) electrons. The summed E-state index contributed by atoms with van der Waals surface area (Å²) in [7, 11) is 0. The van der Waals surface area contributed by atoms with Gasteiger partial charge < -0.3 is 4.74 Å². The molecule has 30 heavy (non-hydrogen) atoms. The lowest BCUT2D eigenvalue weighted by atomic mass is 10.0. The topological polar surface area (TPSA) is 50.4 Å². The second-order valence-electron chi connectivity index (χ2n) is 6.92. The van der Waals surface area contributed by atoms with Crippen molar-refractivity contribution in [3.63, 3.8) is 0 Å². The van der Waals surface area contributed by atoms with Crippen molar-refractivity contribution in [1.82, 2.24) is 10.9 Å². The first-order valence-corrected chi connectivity index (χ1v) is 9.78. The molecule has 0 aliphatic carbocycles. The van der Waals surface area contributed by atoms with Crippen LogP contribution in [-0.2, 0) is 24.4 Å². The Bertz CT molecular complexity index is 1010. The number of hydrogen-bond donors (Lipinski definition) is 2. The van der Waals surface area contributed by atoms with Crippen molar-refractivity contribution < 1.29 is 18.3 Å². The number of carbonyl (C=O) groups is 1. The van der Waals surface area contributed by atoms with Crippen molar-refractivity contribution in [3.05, 3.63) is 101 Å². The number of carbonyl (C=O) groups excluding carboxylic acids is 1. The maximum absolute atomic E-state index is 13.6. The van der Waals surface area contributed by atoms with E-state index in [1.54, 1.807) is 25.1 Å². The molecule has 0 spiro atoms. The highest BCUT2D eigenvalue weighted by Gasteiger charge is 2.09. The molecule has 6 heteroatoms. The van der Waals surface area contributed by atoms with Crippen LogP contribution < -0.4 is 15.6 Å². The van der Waals surface area contributed by atoms with E-state index >= 15 is 0 Å². The standard InChI is InChI=1S/C24H24F2N2O2/c1-2-24(29)28-27-15-18-9-10-23(30-16-19-6-4-8-22(26)14-19)20(12-18)11-17-5-3-7-21(25)13-17/h3-10,12-14,27H,2,11,15-16H2,1H3,(H,28,29). The normalized spacial score (nSPS) is 10.6. The summed E-state index contributed by atoms with van der Waals surface area (Å²) in [6, 6.07) is 18.4. The van der Waals surface area contributed by atoms with Crippen LogP contribution in [0.5, 0.6) is 5.75 Å². The highest BCUT2D eigenvalue weighted by atomic mass is 19.1. The molecule has 0 heterocycles. The van der Waals surface area contributed by atoms with Crippen LogP contribution in [0.25, 0.3) is 0 Å². The van der Waals surface area contributed by atoms with Crippen molar-refractivity contribution in [2.45, 2.75) is 32.9 Å². The molecular weight excluding hydrogens is 386 g/mol. The van der Waals surface area contributed by atoms with Crippen molar-refractivity contribution in [3.8, 4) is 5.75 Å². The third-order valence-electron chi connectivity index (χ3n) is 4.53. The maximum atomic E-state index is 13.6. The quantitative estimate of drug-likeness (QED) is 0.504. The van der Waals surface area contributed by atoms with Crippen molar-refractivity contribution in [2.24, 2.45) is 0 Å². The lowest BCUT2D eigenvalue weighted by molar-refractivity contribution is -0.121. The van der Waals surface area contributed by atoms with E-state index in [9.17, 15) is 13.6 Å². The highest BCUT2D eigenvalue weighted by molar-refractivity contribution is 5.74. The summed E-state index contributed by atoms with van der Waals surface area (Å²) >= 11 is 0. The molecule has 0 fully saturated rings. The fourth-order valence-corrected chi connectivity index (χ4v) is 3.01. The fourth-order valence-electron chi connectivity index (χ4n) is 3.01. The summed E-state index contributed by atoms with van der Waals surface area (Å²) in [4.78, 5) is 11.4. The molecular formula is C24H24F2N2O2. The first-order chi connectivity index (χ1) is 14.5. The maximum Gasteiger partial charge on any atom is 0.233 e. The minimum atomic E-state index is -0.313. The summed E-state index contributed by atoms with van der Waals surface area (Å²) in [5.74, 6) is -0.0589. The van der Waals surface area contributed by atoms with E-state index in [-0.39, 0.29) is 24.1 Å². The van der Waals surface area contributed by atoms with Gasteiger partial charge in [0.2, 0.25) is 5.91 Å². The number of ether oxygens (including phenoxy) is 1. The molecule has 0 saturated heterocycles. The molecule has 2 N–H and O–H groups in total. The van der Waals surface area contributed by atoms with Gasteiger partial charge in [-0.2, -0.15) is 0 Å². The molecule has 0 aromatic heterocycles.